The molecule has 0 saturated carbocycles. The Labute approximate surface area is 465 Å². The molecule has 18 nitrogen and oxygen atoms in total. The van der Waals surface area contributed by atoms with Gasteiger partial charge in [0, 0.05) is 111 Å². The summed E-state index contributed by atoms with van der Waals surface area (Å²) in [4.78, 5) is 129. The third-order valence-electron chi connectivity index (χ3n) is 15.6. The molecule has 1 aliphatic rings. The highest BCUT2D eigenvalue weighted by molar-refractivity contribution is 5.95. The lowest BCUT2D eigenvalue weighted by atomic mass is 9.83. The molecule has 1 aromatic rings. The first-order valence-electron chi connectivity index (χ1n) is 28.0. The number of amides is 4. The maximum Gasteiger partial charge on any atom is 0.309 e. The predicted molar refractivity (Wildman–Crippen MR) is 296 cm³/mol. The average Bonchev–Trinajstić information content (AvgIpc) is 3.91. The quantitative estimate of drug-likeness (QED) is 0.0469. The summed E-state index contributed by atoms with van der Waals surface area (Å²) >= 11 is 0. The second-order valence-electron chi connectivity index (χ2n) is 21.9. The smallest absolute Gasteiger partial charge is 0.309 e. The Morgan fingerprint density at radius 3 is 1.96 bits per heavy atom. The van der Waals surface area contributed by atoms with Crippen molar-refractivity contribution in [3.63, 3.8) is 0 Å². The van der Waals surface area contributed by atoms with Crippen molar-refractivity contribution < 1.29 is 67.2 Å². The molecule has 18 heteroatoms. The number of ether oxygens (including phenoxy) is 4. The summed E-state index contributed by atoms with van der Waals surface area (Å²) in [7, 11) is 7.55. The number of terminal acetylenes is 1. The minimum absolute atomic E-state index is 0.0302. The Hall–Kier alpha value is -5.35. The standard InChI is InChI=1S/C60H94N4O14/c1-15-41(7)56(52(75-12)38-54(71)64-28-20-25-49(64)57(76-13)43(9)50(68)36-45(60(74)77-14)35-44-22-18-17-19-23-44)62(11)59(73)48(39(3)4)37-51(69)55(40(5)6)61(10)58(72)42(8)34-47(67)27-30-63(53(70)16-2)29-26-46(66)24-21-32-78-33-31-65/h2,17-19,22-23,39-43,45,48-49,52,55-57,65H,15,20-21,24-38H2,1,3-14H3/t41-,42+,43-,45+,48-,49-,52+,55-,56-,57+/m0/s1. The zero-order valence-electron chi connectivity index (χ0n) is 49.2. The maximum absolute atomic E-state index is 14.8. The zero-order valence-corrected chi connectivity index (χ0v) is 49.2. The Balaban J connectivity index is 2.21. The highest BCUT2D eigenvalue weighted by Gasteiger charge is 2.44. The number of likely N-dealkylation sites (tertiary alicyclic amines) is 1. The fraction of sp³-hybridized carbons (Fsp3) is 0.717. The molecule has 0 spiro atoms. The summed E-state index contributed by atoms with van der Waals surface area (Å²) in [5.41, 5.74) is 0.904. The van der Waals surface area contributed by atoms with Gasteiger partial charge in [0.2, 0.25) is 17.7 Å². The molecule has 2 rings (SSSR count). The number of methoxy groups -OCH3 is 3. The largest absolute Gasteiger partial charge is 0.469 e. The third-order valence-corrected chi connectivity index (χ3v) is 15.6. The Morgan fingerprint density at radius 1 is 0.769 bits per heavy atom. The van der Waals surface area contributed by atoms with Crippen LogP contribution in [0.3, 0.4) is 0 Å². The Kier molecular flexibility index (Phi) is 31.1. The number of Topliss-reactive ketones (excluding diaryl/α,β-unsaturated/α-hetero) is 4. The molecule has 78 heavy (non-hydrogen) atoms. The number of esters is 1. The summed E-state index contributed by atoms with van der Waals surface area (Å²) in [6.45, 7) is 15.5. The number of nitrogens with zero attached hydrogens (tertiary/aromatic N) is 4. The van der Waals surface area contributed by atoms with E-state index in [4.69, 9.17) is 30.5 Å². The molecule has 0 aromatic heterocycles. The number of aliphatic hydroxyl groups excluding tert-OH is 1. The van der Waals surface area contributed by atoms with Gasteiger partial charge < -0.3 is 43.7 Å². The first-order valence-corrected chi connectivity index (χ1v) is 28.0. The fourth-order valence-electron chi connectivity index (χ4n) is 10.9. The van der Waals surface area contributed by atoms with Crippen molar-refractivity contribution in [2.24, 2.45) is 41.4 Å². The molecule has 438 valence electrons. The molecular weight excluding hydrogens is 1000 g/mol. The number of hydrogen-bond acceptors (Lipinski definition) is 14. The van der Waals surface area contributed by atoms with Gasteiger partial charge in [-0.2, -0.15) is 0 Å². The van der Waals surface area contributed by atoms with Crippen LogP contribution in [0.4, 0.5) is 0 Å². The van der Waals surface area contributed by atoms with Crippen LogP contribution in [0.15, 0.2) is 30.3 Å². The van der Waals surface area contributed by atoms with Crippen LogP contribution in [-0.2, 0) is 68.5 Å². The van der Waals surface area contributed by atoms with Gasteiger partial charge in [0.25, 0.3) is 5.91 Å². The SMILES string of the molecule is C#CC(=O)N(CCC(=O)CCCOCCO)CCC(=O)C[C@@H](C)C(=O)N(C)[C@H](C(=O)C[C@H](C(=O)N(C)[C@@H]([C@@H](C)CC)[C@@H](CC(=O)N1CCC[C@H]1[C@H](OC)[C@@H](C)C(=O)C[C@@H](Cc1ccccc1)C(=O)OC)OC)C(C)C)C(C)C. The van der Waals surface area contributed by atoms with E-state index in [1.165, 1.54) is 38.2 Å². The highest BCUT2D eigenvalue weighted by Crippen LogP contribution is 2.32. The first-order chi connectivity index (χ1) is 36.9. The summed E-state index contributed by atoms with van der Waals surface area (Å²) < 4.78 is 22.4. The van der Waals surface area contributed by atoms with E-state index >= 15 is 0 Å². The molecule has 0 unspecified atom stereocenters. The van der Waals surface area contributed by atoms with Gasteiger partial charge in [-0.1, -0.05) is 92.1 Å². The van der Waals surface area contributed by atoms with Gasteiger partial charge in [0.15, 0.2) is 5.78 Å². The van der Waals surface area contributed by atoms with Crippen LogP contribution >= 0.6 is 0 Å². The van der Waals surface area contributed by atoms with Crippen LogP contribution in [0.25, 0.3) is 0 Å². The fourth-order valence-corrected chi connectivity index (χ4v) is 10.9. The topological polar surface area (TPSA) is 224 Å². The van der Waals surface area contributed by atoms with Gasteiger partial charge in [-0.3, -0.25) is 43.2 Å². The van der Waals surface area contributed by atoms with Crippen LogP contribution in [0.2, 0.25) is 0 Å². The van der Waals surface area contributed by atoms with Crippen LogP contribution in [-0.4, -0.2) is 183 Å². The van der Waals surface area contributed by atoms with Crippen molar-refractivity contribution >= 4 is 52.7 Å². The summed E-state index contributed by atoms with van der Waals surface area (Å²) in [5, 5.41) is 8.84. The van der Waals surface area contributed by atoms with E-state index in [9.17, 15) is 43.2 Å². The lowest BCUT2D eigenvalue weighted by Gasteiger charge is -2.41. The molecule has 0 radical (unpaired) electrons. The molecule has 1 aromatic carbocycles. The van der Waals surface area contributed by atoms with E-state index < -0.39 is 71.8 Å². The van der Waals surface area contributed by atoms with Gasteiger partial charge in [-0.05, 0) is 54.9 Å². The number of carbonyl (C=O) groups is 9. The Bertz CT molecular complexity index is 2140. The third kappa shape index (κ3) is 21.0. The Morgan fingerprint density at radius 2 is 1.41 bits per heavy atom. The molecule has 0 aliphatic carbocycles. The lowest BCUT2D eigenvalue weighted by Crippen LogP contribution is -2.54. The van der Waals surface area contributed by atoms with Crippen LogP contribution in [0, 0.1) is 53.8 Å². The molecule has 1 heterocycles. The van der Waals surface area contributed by atoms with Crippen LogP contribution in [0.1, 0.15) is 132 Å². The van der Waals surface area contributed by atoms with Crippen molar-refractivity contribution in [2.75, 3.05) is 74.9 Å². The number of aliphatic hydroxyl groups is 1. The molecular formula is C60H94N4O14. The number of hydrogen-bond donors (Lipinski definition) is 1. The van der Waals surface area contributed by atoms with Gasteiger partial charge in [-0.25, -0.2) is 0 Å². The number of ketones is 4. The van der Waals surface area contributed by atoms with E-state index in [0.29, 0.717) is 45.3 Å². The highest BCUT2D eigenvalue weighted by atomic mass is 16.5. The number of rotatable bonds is 38. The molecule has 1 N–H and O–H groups in total. The monoisotopic (exact) mass is 1090 g/mol. The maximum atomic E-state index is 14.8. The van der Waals surface area contributed by atoms with Gasteiger partial charge in [-0.15, -0.1) is 6.42 Å². The summed E-state index contributed by atoms with van der Waals surface area (Å²) in [6.07, 6.45) is 6.42. The zero-order chi connectivity index (χ0) is 58.8. The second kappa shape index (κ2) is 35.3. The number of benzene rings is 1. The van der Waals surface area contributed by atoms with Crippen molar-refractivity contribution in [3.8, 4) is 12.3 Å². The van der Waals surface area contributed by atoms with E-state index in [1.54, 1.807) is 30.7 Å². The van der Waals surface area contributed by atoms with E-state index in [0.717, 1.165) is 5.56 Å². The molecule has 1 fully saturated rings. The summed E-state index contributed by atoms with van der Waals surface area (Å²) in [6, 6.07) is 7.51. The van der Waals surface area contributed by atoms with E-state index in [1.807, 2.05) is 77.8 Å². The van der Waals surface area contributed by atoms with E-state index in [2.05, 4.69) is 0 Å². The van der Waals surface area contributed by atoms with Crippen molar-refractivity contribution in [1.29, 1.82) is 0 Å². The lowest BCUT2D eigenvalue weighted by molar-refractivity contribution is -0.150. The van der Waals surface area contributed by atoms with Crippen molar-refractivity contribution in [2.45, 2.75) is 163 Å². The van der Waals surface area contributed by atoms with Gasteiger partial charge >= 0.3 is 5.97 Å². The van der Waals surface area contributed by atoms with Crippen LogP contribution in [0.5, 0.6) is 0 Å². The first kappa shape index (κ1) is 68.8. The van der Waals surface area contributed by atoms with Gasteiger partial charge in [0.1, 0.15) is 17.3 Å². The van der Waals surface area contributed by atoms with Crippen molar-refractivity contribution in [1.82, 2.24) is 19.6 Å². The molecule has 1 aliphatic heterocycles. The molecule has 1 saturated heterocycles. The second-order valence-corrected chi connectivity index (χ2v) is 21.9. The average molecular weight is 1100 g/mol. The normalized spacial score (nSPS) is 16.9. The molecule has 4 amide bonds. The van der Waals surface area contributed by atoms with Gasteiger partial charge in [0.05, 0.1) is 63.0 Å². The van der Waals surface area contributed by atoms with E-state index in [-0.39, 0.29) is 124 Å². The predicted octanol–water partition coefficient (Wildman–Crippen LogP) is 5.81. The number of likely N-dealkylation sites (N-methyl/N-ethyl adjacent to an activating group) is 2. The summed E-state index contributed by atoms with van der Waals surface area (Å²) in [5.74, 6) is -4.68. The van der Waals surface area contributed by atoms with Crippen molar-refractivity contribution in [3.05, 3.63) is 35.9 Å². The minimum Gasteiger partial charge on any atom is -0.469 e. The number of carbonyl (C=O) groups excluding carboxylic acids is 9. The molecule has 0 bridgehead atoms. The minimum atomic E-state index is -0.919. The molecule has 10 atom stereocenters. The van der Waals surface area contributed by atoms with Crippen LogP contribution < -0.4 is 0 Å².